The molecule has 0 fully saturated rings. The molecule has 1 aliphatic carbocycles. The molecule has 5 rings (SSSR count). The maximum Gasteiger partial charge on any atom is -0.00324 e. The molecule has 0 aliphatic heterocycles. The van der Waals surface area contributed by atoms with Crippen LogP contribution in [0.1, 0.15) is 16.7 Å². The van der Waals surface area contributed by atoms with Crippen LogP contribution in [-0.2, 0) is 0 Å². The van der Waals surface area contributed by atoms with Crippen LogP contribution in [-0.4, -0.2) is 0 Å². The molecule has 0 N–H and O–H groups in total. The molecule has 1 aliphatic rings. The third-order valence-electron chi connectivity index (χ3n) is 4.33. The molecule has 0 nitrogen and oxygen atoms in total. The van der Waals surface area contributed by atoms with E-state index in [1.54, 1.807) is 0 Å². The fourth-order valence-electron chi connectivity index (χ4n) is 3.21. The highest BCUT2D eigenvalue weighted by Crippen LogP contribution is 2.36. The van der Waals surface area contributed by atoms with Crippen molar-refractivity contribution < 1.29 is 0 Å². The molecule has 4 aromatic rings. The molecular formula is C23H18. The summed E-state index contributed by atoms with van der Waals surface area (Å²) in [5, 5.41) is 5.46. The van der Waals surface area contributed by atoms with Crippen LogP contribution in [0.2, 0.25) is 0 Å². The van der Waals surface area contributed by atoms with Crippen molar-refractivity contribution in [3.05, 3.63) is 95.6 Å². The van der Waals surface area contributed by atoms with E-state index in [4.69, 9.17) is 0 Å². The van der Waals surface area contributed by atoms with Gasteiger partial charge < -0.3 is 0 Å². The highest BCUT2D eigenvalue weighted by molar-refractivity contribution is 6.16. The van der Waals surface area contributed by atoms with Crippen LogP contribution in [0, 0.1) is 6.92 Å². The third kappa shape index (κ3) is 2.53. The average Bonchev–Trinajstić information content (AvgIpc) is 3.01. The van der Waals surface area contributed by atoms with Crippen molar-refractivity contribution in [1.29, 1.82) is 0 Å². The number of rotatable bonds is 0. The molecular weight excluding hydrogens is 276 g/mol. The van der Waals surface area contributed by atoms with E-state index in [9.17, 15) is 0 Å². The molecule has 0 heteroatoms. The minimum absolute atomic E-state index is 1.32. The molecule has 0 heterocycles. The van der Waals surface area contributed by atoms with Gasteiger partial charge in [0.25, 0.3) is 0 Å². The van der Waals surface area contributed by atoms with E-state index in [1.165, 1.54) is 38.2 Å². The van der Waals surface area contributed by atoms with Gasteiger partial charge in [0.05, 0.1) is 0 Å². The predicted molar refractivity (Wildman–Crippen MR) is 102 cm³/mol. The van der Waals surface area contributed by atoms with Crippen molar-refractivity contribution in [2.24, 2.45) is 0 Å². The summed E-state index contributed by atoms with van der Waals surface area (Å²) in [6, 6.07) is 27.7. The lowest BCUT2D eigenvalue weighted by molar-refractivity contribution is 1.48. The van der Waals surface area contributed by atoms with E-state index in [0.717, 1.165) is 0 Å². The van der Waals surface area contributed by atoms with Gasteiger partial charge in [0.1, 0.15) is 0 Å². The van der Waals surface area contributed by atoms with Crippen LogP contribution in [0.5, 0.6) is 0 Å². The van der Waals surface area contributed by atoms with Crippen molar-refractivity contribution in [3.63, 3.8) is 0 Å². The molecule has 110 valence electrons. The SMILES string of the molecule is C1=Cc2cc3ccccc3c3cccc1c23.Cc1ccccc1. The molecule has 0 bridgehead atoms. The summed E-state index contributed by atoms with van der Waals surface area (Å²) in [5.74, 6) is 0. The zero-order valence-corrected chi connectivity index (χ0v) is 13.2. The lowest BCUT2D eigenvalue weighted by Crippen LogP contribution is -1.81. The van der Waals surface area contributed by atoms with E-state index in [-0.39, 0.29) is 0 Å². The second kappa shape index (κ2) is 5.73. The van der Waals surface area contributed by atoms with Gasteiger partial charge in [-0.15, -0.1) is 0 Å². The summed E-state index contributed by atoms with van der Waals surface area (Å²) in [6.07, 6.45) is 4.42. The fourth-order valence-corrected chi connectivity index (χ4v) is 3.21. The van der Waals surface area contributed by atoms with Crippen molar-refractivity contribution in [3.8, 4) is 0 Å². The van der Waals surface area contributed by atoms with Gasteiger partial charge in [-0.3, -0.25) is 0 Å². The molecule has 0 radical (unpaired) electrons. The Morgan fingerprint density at radius 2 is 1.26 bits per heavy atom. The molecule has 0 aromatic heterocycles. The lowest BCUT2D eigenvalue weighted by Gasteiger charge is -2.06. The number of hydrogen-bond donors (Lipinski definition) is 0. The number of fused-ring (bicyclic) bond motifs is 2. The summed E-state index contributed by atoms with van der Waals surface area (Å²) in [5.41, 5.74) is 4.02. The largest absolute Gasteiger partial charge is 0.0622 e. The Morgan fingerprint density at radius 1 is 0.565 bits per heavy atom. The maximum atomic E-state index is 2.28. The molecule has 0 atom stereocenters. The van der Waals surface area contributed by atoms with Gasteiger partial charge >= 0.3 is 0 Å². The summed E-state index contributed by atoms with van der Waals surface area (Å²) >= 11 is 0. The molecule has 0 amide bonds. The van der Waals surface area contributed by atoms with Gasteiger partial charge in [-0.2, -0.15) is 0 Å². The van der Waals surface area contributed by atoms with Gasteiger partial charge in [0, 0.05) is 0 Å². The second-order valence-corrected chi connectivity index (χ2v) is 5.94. The molecule has 0 saturated heterocycles. The summed E-state index contributed by atoms with van der Waals surface area (Å²) in [4.78, 5) is 0. The normalized spacial score (nSPS) is 11.5. The van der Waals surface area contributed by atoms with E-state index in [0.29, 0.717) is 0 Å². The van der Waals surface area contributed by atoms with Gasteiger partial charge in [-0.25, -0.2) is 0 Å². The van der Waals surface area contributed by atoms with E-state index in [1.807, 2.05) is 18.2 Å². The lowest BCUT2D eigenvalue weighted by atomic mass is 9.97. The van der Waals surface area contributed by atoms with E-state index < -0.39 is 0 Å². The third-order valence-corrected chi connectivity index (χ3v) is 4.33. The molecule has 0 spiro atoms. The Balaban J connectivity index is 0.000000164. The van der Waals surface area contributed by atoms with Gasteiger partial charge in [0.15, 0.2) is 0 Å². The smallest absolute Gasteiger partial charge is 0.00324 e. The monoisotopic (exact) mass is 294 g/mol. The predicted octanol–water partition coefficient (Wildman–Crippen LogP) is 6.47. The van der Waals surface area contributed by atoms with Crippen LogP contribution in [0.25, 0.3) is 33.7 Å². The van der Waals surface area contributed by atoms with Gasteiger partial charge in [-0.1, -0.05) is 90.5 Å². The Kier molecular flexibility index (Phi) is 3.44. The standard InChI is InChI=1S/C16H10.C7H8/c1-2-6-14-12(4-1)10-13-9-8-11-5-3-7-15(14)16(11)13;1-7-5-3-2-4-6-7/h1-10H;2-6H,1H3. The summed E-state index contributed by atoms with van der Waals surface area (Å²) in [7, 11) is 0. The van der Waals surface area contributed by atoms with Gasteiger partial charge in [-0.05, 0) is 45.7 Å². The zero-order valence-electron chi connectivity index (χ0n) is 13.2. The van der Waals surface area contributed by atoms with Gasteiger partial charge in [0.2, 0.25) is 0 Å². The molecule has 4 aromatic carbocycles. The highest BCUT2D eigenvalue weighted by atomic mass is 14.1. The average molecular weight is 294 g/mol. The first-order valence-electron chi connectivity index (χ1n) is 7.97. The van der Waals surface area contributed by atoms with Crippen molar-refractivity contribution >= 4 is 33.7 Å². The summed E-state index contributed by atoms with van der Waals surface area (Å²) in [6.45, 7) is 2.08. The van der Waals surface area contributed by atoms with Crippen LogP contribution >= 0.6 is 0 Å². The Morgan fingerprint density at radius 3 is 2.04 bits per heavy atom. The first kappa shape index (κ1) is 13.8. The van der Waals surface area contributed by atoms with Crippen molar-refractivity contribution in [2.45, 2.75) is 6.92 Å². The van der Waals surface area contributed by atoms with Crippen molar-refractivity contribution in [1.82, 2.24) is 0 Å². The maximum absolute atomic E-state index is 2.28. The zero-order chi connectivity index (χ0) is 15.6. The Labute approximate surface area is 136 Å². The fraction of sp³-hybridized carbons (Fsp3) is 0.0435. The Bertz CT molecular complexity index is 1010. The quantitative estimate of drug-likeness (QED) is 0.287. The Hall–Kier alpha value is -2.86. The first-order chi connectivity index (χ1) is 11.3. The summed E-state index contributed by atoms with van der Waals surface area (Å²) < 4.78 is 0. The van der Waals surface area contributed by atoms with E-state index in [2.05, 4.69) is 79.7 Å². The van der Waals surface area contributed by atoms with Crippen LogP contribution in [0.15, 0.2) is 78.9 Å². The van der Waals surface area contributed by atoms with Crippen LogP contribution < -0.4 is 0 Å². The van der Waals surface area contributed by atoms with E-state index >= 15 is 0 Å². The number of aryl methyl sites for hydroxylation is 1. The van der Waals surface area contributed by atoms with Crippen molar-refractivity contribution in [2.75, 3.05) is 0 Å². The minimum Gasteiger partial charge on any atom is -0.0622 e. The highest BCUT2D eigenvalue weighted by Gasteiger charge is 2.10. The number of hydrogen-bond acceptors (Lipinski definition) is 0. The molecule has 0 saturated carbocycles. The molecule has 0 unspecified atom stereocenters. The number of benzene rings is 4. The topological polar surface area (TPSA) is 0 Å². The second-order valence-electron chi connectivity index (χ2n) is 5.94. The minimum atomic E-state index is 1.32. The first-order valence-corrected chi connectivity index (χ1v) is 7.97. The van der Waals surface area contributed by atoms with Crippen LogP contribution in [0.4, 0.5) is 0 Å². The van der Waals surface area contributed by atoms with Crippen LogP contribution in [0.3, 0.4) is 0 Å². The molecule has 23 heavy (non-hydrogen) atoms.